The van der Waals surface area contributed by atoms with E-state index in [0.717, 1.165) is 23.4 Å². The lowest BCUT2D eigenvalue weighted by Gasteiger charge is -2.20. The summed E-state index contributed by atoms with van der Waals surface area (Å²) in [5.74, 6) is 0.866. The molecule has 0 aliphatic heterocycles. The first kappa shape index (κ1) is 13.0. The molecule has 0 saturated carbocycles. The zero-order valence-electron chi connectivity index (χ0n) is 10.5. The number of aliphatic hydroxyl groups is 1. The molecule has 1 unspecified atom stereocenters. The van der Waals surface area contributed by atoms with Crippen LogP contribution in [-0.2, 0) is 0 Å². The van der Waals surface area contributed by atoms with Crippen LogP contribution in [-0.4, -0.2) is 25.4 Å². The predicted octanol–water partition coefficient (Wildman–Crippen LogP) is 1.95. The van der Waals surface area contributed by atoms with E-state index in [1.54, 1.807) is 7.11 Å². The molecule has 3 heteroatoms. The van der Waals surface area contributed by atoms with Crippen LogP contribution in [0.4, 0.5) is 0 Å². The van der Waals surface area contributed by atoms with Crippen LogP contribution in [0.25, 0.3) is 0 Å². The van der Waals surface area contributed by atoms with Crippen molar-refractivity contribution in [3.63, 3.8) is 0 Å². The highest BCUT2D eigenvalue weighted by atomic mass is 16.5. The van der Waals surface area contributed by atoms with Crippen LogP contribution in [0.1, 0.15) is 29.7 Å². The highest BCUT2D eigenvalue weighted by molar-refractivity contribution is 5.45. The molecule has 16 heavy (non-hydrogen) atoms. The minimum Gasteiger partial charge on any atom is -0.496 e. The fourth-order valence-corrected chi connectivity index (χ4v) is 2.04. The molecule has 0 aliphatic carbocycles. The summed E-state index contributed by atoms with van der Waals surface area (Å²) >= 11 is 0. The van der Waals surface area contributed by atoms with Gasteiger partial charge in [0.15, 0.2) is 0 Å². The molecule has 1 rings (SSSR count). The lowest BCUT2D eigenvalue weighted by molar-refractivity contribution is 0.242. The Kier molecular flexibility index (Phi) is 4.77. The molecule has 1 atom stereocenters. The lowest BCUT2D eigenvalue weighted by Crippen LogP contribution is -2.24. The van der Waals surface area contributed by atoms with Gasteiger partial charge in [0, 0.05) is 5.56 Å². The number of nitrogens with one attached hydrogen (secondary N) is 1. The maximum Gasteiger partial charge on any atom is 0.126 e. The van der Waals surface area contributed by atoms with Crippen LogP contribution in [0, 0.1) is 13.8 Å². The van der Waals surface area contributed by atoms with Gasteiger partial charge in [0.05, 0.1) is 19.8 Å². The van der Waals surface area contributed by atoms with Crippen molar-refractivity contribution in [3.05, 3.63) is 28.8 Å². The minimum absolute atomic E-state index is 0.0569. The van der Waals surface area contributed by atoms with Crippen molar-refractivity contribution in [1.82, 2.24) is 5.32 Å². The van der Waals surface area contributed by atoms with E-state index in [1.165, 1.54) is 5.56 Å². The second-order valence-corrected chi connectivity index (χ2v) is 4.00. The van der Waals surface area contributed by atoms with Crippen molar-refractivity contribution in [3.8, 4) is 5.75 Å². The number of hydrogen-bond donors (Lipinski definition) is 2. The van der Waals surface area contributed by atoms with E-state index in [0.29, 0.717) is 0 Å². The maximum atomic E-state index is 9.39. The van der Waals surface area contributed by atoms with Gasteiger partial charge in [-0.25, -0.2) is 0 Å². The summed E-state index contributed by atoms with van der Waals surface area (Å²) in [5, 5.41) is 12.6. The summed E-state index contributed by atoms with van der Waals surface area (Å²) in [6.07, 6.45) is 0. The average Bonchev–Trinajstić information content (AvgIpc) is 2.25. The zero-order chi connectivity index (χ0) is 12.1. The van der Waals surface area contributed by atoms with Gasteiger partial charge in [-0.1, -0.05) is 24.6 Å². The Hall–Kier alpha value is -1.06. The number of aryl methyl sites for hydroxylation is 2. The Bertz CT molecular complexity index is 350. The van der Waals surface area contributed by atoms with E-state index in [-0.39, 0.29) is 12.6 Å². The van der Waals surface area contributed by atoms with Gasteiger partial charge in [0.1, 0.15) is 5.75 Å². The number of likely N-dealkylation sites (N-methyl/N-ethyl adjacent to an activating group) is 1. The summed E-state index contributed by atoms with van der Waals surface area (Å²) < 4.78 is 5.41. The van der Waals surface area contributed by atoms with Crippen LogP contribution < -0.4 is 10.1 Å². The molecule has 0 saturated heterocycles. The monoisotopic (exact) mass is 223 g/mol. The molecule has 2 N–H and O–H groups in total. The molecule has 90 valence electrons. The summed E-state index contributed by atoms with van der Waals surface area (Å²) in [5.41, 5.74) is 3.32. The van der Waals surface area contributed by atoms with Gasteiger partial charge in [0.25, 0.3) is 0 Å². The molecule has 0 aromatic heterocycles. The van der Waals surface area contributed by atoms with Gasteiger partial charge in [-0.05, 0) is 26.0 Å². The highest BCUT2D eigenvalue weighted by Crippen LogP contribution is 2.29. The van der Waals surface area contributed by atoms with Crippen LogP contribution in [0.5, 0.6) is 5.75 Å². The van der Waals surface area contributed by atoms with Gasteiger partial charge >= 0.3 is 0 Å². The van der Waals surface area contributed by atoms with E-state index in [4.69, 9.17) is 4.74 Å². The van der Waals surface area contributed by atoms with Crippen molar-refractivity contribution in [2.75, 3.05) is 20.3 Å². The van der Waals surface area contributed by atoms with Crippen LogP contribution in [0.3, 0.4) is 0 Å². The average molecular weight is 223 g/mol. The number of hydrogen-bond acceptors (Lipinski definition) is 3. The summed E-state index contributed by atoms with van der Waals surface area (Å²) in [7, 11) is 1.67. The molecule has 0 spiro atoms. The molecule has 0 aliphatic rings. The third-order valence-electron chi connectivity index (χ3n) is 2.66. The van der Waals surface area contributed by atoms with Crippen LogP contribution in [0.2, 0.25) is 0 Å². The summed E-state index contributed by atoms with van der Waals surface area (Å²) in [6.45, 7) is 7.00. The van der Waals surface area contributed by atoms with E-state index >= 15 is 0 Å². The number of rotatable bonds is 5. The molecule has 0 heterocycles. The molecule has 0 bridgehead atoms. The van der Waals surface area contributed by atoms with Gasteiger partial charge in [-0.2, -0.15) is 0 Å². The molecule has 1 aromatic carbocycles. The van der Waals surface area contributed by atoms with Crippen molar-refractivity contribution in [1.29, 1.82) is 0 Å². The summed E-state index contributed by atoms with van der Waals surface area (Å²) in [4.78, 5) is 0. The highest BCUT2D eigenvalue weighted by Gasteiger charge is 2.16. The lowest BCUT2D eigenvalue weighted by atomic mass is 10.00. The Morgan fingerprint density at radius 2 is 2.06 bits per heavy atom. The second kappa shape index (κ2) is 5.87. The topological polar surface area (TPSA) is 41.5 Å². The Morgan fingerprint density at radius 1 is 1.38 bits per heavy atom. The number of ether oxygens (including phenoxy) is 1. The largest absolute Gasteiger partial charge is 0.496 e. The second-order valence-electron chi connectivity index (χ2n) is 4.00. The predicted molar refractivity (Wildman–Crippen MR) is 66.0 cm³/mol. The standard InChI is InChI=1S/C13H21NO2/c1-5-14-12(8-15)11-7-9(2)6-10(3)13(11)16-4/h6-7,12,14-15H,5,8H2,1-4H3. The van der Waals surface area contributed by atoms with Gasteiger partial charge in [-0.3, -0.25) is 0 Å². The fourth-order valence-electron chi connectivity index (χ4n) is 2.04. The van der Waals surface area contributed by atoms with E-state index in [9.17, 15) is 5.11 Å². The first-order valence-electron chi connectivity index (χ1n) is 5.63. The van der Waals surface area contributed by atoms with Crippen molar-refractivity contribution < 1.29 is 9.84 Å². The number of methoxy groups -OCH3 is 1. The Labute approximate surface area is 97.4 Å². The molecular formula is C13H21NO2. The quantitative estimate of drug-likeness (QED) is 0.801. The third-order valence-corrected chi connectivity index (χ3v) is 2.66. The first-order chi connectivity index (χ1) is 7.63. The van der Waals surface area contributed by atoms with Gasteiger partial charge in [-0.15, -0.1) is 0 Å². The van der Waals surface area contributed by atoms with Crippen LogP contribution in [0.15, 0.2) is 12.1 Å². The van der Waals surface area contributed by atoms with Crippen molar-refractivity contribution in [2.24, 2.45) is 0 Å². The molecule has 0 fully saturated rings. The number of benzene rings is 1. The number of aliphatic hydroxyl groups excluding tert-OH is 1. The van der Waals surface area contributed by atoms with Crippen LogP contribution >= 0.6 is 0 Å². The third kappa shape index (κ3) is 2.74. The Balaban J connectivity index is 3.17. The normalized spacial score (nSPS) is 12.6. The molecule has 0 radical (unpaired) electrons. The molecule has 0 amide bonds. The fraction of sp³-hybridized carbons (Fsp3) is 0.538. The van der Waals surface area contributed by atoms with Gasteiger partial charge in [0.2, 0.25) is 0 Å². The molecule has 1 aromatic rings. The smallest absolute Gasteiger partial charge is 0.126 e. The minimum atomic E-state index is -0.0569. The SMILES string of the molecule is CCNC(CO)c1cc(C)cc(C)c1OC. The molecular weight excluding hydrogens is 202 g/mol. The van der Waals surface area contributed by atoms with E-state index in [2.05, 4.69) is 24.4 Å². The van der Waals surface area contributed by atoms with Crippen molar-refractivity contribution in [2.45, 2.75) is 26.8 Å². The first-order valence-corrected chi connectivity index (χ1v) is 5.63. The van der Waals surface area contributed by atoms with Crippen molar-refractivity contribution >= 4 is 0 Å². The van der Waals surface area contributed by atoms with Gasteiger partial charge < -0.3 is 15.2 Å². The zero-order valence-corrected chi connectivity index (χ0v) is 10.5. The Morgan fingerprint density at radius 3 is 2.56 bits per heavy atom. The van der Waals surface area contributed by atoms with E-state index in [1.807, 2.05) is 13.8 Å². The molecule has 3 nitrogen and oxygen atoms in total. The van der Waals surface area contributed by atoms with E-state index < -0.39 is 0 Å². The summed E-state index contributed by atoms with van der Waals surface area (Å²) in [6, 6.07) is 4.09. The maximum absolute atomic E-state index is 9.39.